The Morgan fingerprint density at radius 3 is 2.75 bits per heavy atom. The van der Waals surface area contributed by atoms with Crippen LogP contribution in [0.5, 0.6) is 0 Å². The van der Waals surface area contributed by atoms with E-state index >= 15 is 0 Å². The average Bonchev–Trinajstić information content (AvgIpc) is 3.10. The lowest BCUT2D eigenvalue weighted by Crippen LogP contribution is -2.23. The molecule has 0 unspecified atom stereocenters. The van der Waals surface area contributed by atoms with Crippen molar-refractivity contribution in [3.63, 3.8) is 0 Å². The van der Waals surface area contributed by atoms with Crippen LogP contribution in [0.3, 0.4) is 0 Å². The third kappa shape index (κ3) is 4.03. The van der Waals surface area contributed by atoms with E-state index in [-0.39, 0.29) is 12.5 Å². The molecule has 118 valence electrons. The quantitative estimate of drug-likeness (QED) is 0.720. The largest absolute Gasteiger partial charge is 0.340 e. The summed E-state index contributed by atoms with van der Waals surface area (Å²) < 4.78 is 0. The van der Waals surface area contributed by atoms with E-state index in [0.29, 0.717) is 10.7 Å². The minimum atomic E-state index is -0.245. The number of carbonyl (C=O) groups excluding carboxylic acids is 1. The summed E-state index contributed by atoms with van der Waals surface area (Å²) >= 11 is 5.89. The van der Waals surface area contributed by atoms with Gasteiger partial charge in [0.15, 0.2) is 0 Å². The molecule has 0 radical (unpaired) electrons. The maximum atomic E-state index is 12.1. The van der Waals surface area contributed by atoms with Crippen molar-refractivity contribution in [2.75, 3.05) is 6.54 Å². The SMILES string of the molecule is O=C(NCC#Cc1cccc(Cl)c1)c1cc(-c2ccccc2)n[nH]1. The molecular formula is C19H14ClN3O. The first-order valence-corrected chi connectivity index (χ1v) is 7.73. The fourth-order valence-corrected chi connectivity index (χ4v) is 2.32. The second-order valence-electron chi connectivity index (χ2n) is 5.03. The van der Waals surface area contributed by atoms with Crippen molar-refractivity contribution < 1.29 is 4.79 Å². The molecule has 0 aliphatic carbocycles. The topological polar surface area (TPSA) is 57.8 Å². The summed E-state index contributed by atoms with van der Waals surface area (Å²) in [5, 5.41) is 10.3. The van der Waals surface area contributed by atoms with E-state index in [1.54, 1.807) is 18.2 Å². The highest BCUT2D eigenvalue weighted by atomic mass is 35.5. The molecule has 0 bridgehead atoms. The smallest absolute Gasteiger partial charge is 0.270 e. The number of benzene rings is 2. The molecular weight excluding hydrogens is 322 g/mol. The minimum Gasteiger partial charge on any atom is -0.340 e. The van der Waals surface area contributed by atoms with Gasteiger partial charge in [0.1, 0.15) is 5.69 Å². The number of carbonyl (C=O) groups is 1. The minimum absolute atomic E-state index is 0.241. The Labute approximate surface area is 144 Å². The molecule has 5 heteroatoms. The Morgan fingerprint density at radius 1 is 1.12 bits per heavy atom. The van der Waals surface area contributed by atoms with Crippen molar-refractivity contribution in [3.05, 3.63) is 76.9 Å². The molecule has 0 aliphatic heterocycles. The maximum Gasteiger partial charge on any atom is 0.270 e. The van der Waals surface area contributed by atoms with Crippen LogP contribution in [0, 0.1) is 11.8 Å². The van der Waals surface area contributed by atoms with Gasteiger partial charge in [0.2, 0.25) is 0 Å². The zero-order chi connectivity index (χ0) is 16.8. The summed E-state index contributed by atoms with van der Waals surface area (Å²) in [7, 11) is 0. The van der Waals surface area contributed by atoms with E-state index in [9.17, 15) is 4.79 Å². The molecule has 24 heavy (non-hydrogen) atoms. The van der Waals surface area contributed by atoms with Gasteiger partial charge in [-0.15, -0.1) is 0 Å². The van der Waals surface area contributed by atoms with Crippen molar-refractivity contribution >= 4 is 17.5 Å². The second kappa shape index (κ2) is 7.49. The number of aromatic nitrogens is 2. The number of hydrogen-bond donors (Lipinski definition) is 2. The van der Waals surface area contributed by atoms with E-state index in [4.69, 9.17) is 11.6 Å². The molecule has 1 heterocycles. The van der Waals surface area contributed by atoms with Crippen molar-refractivity contribution in [1.82, 2.24) is 15.5 Å². The number of H-pyrrole nitrogens is 1. The van der Waals surface area contributed by atoms with Crippen molar-refractivity contribution in [1.29, 1.82) is 0 Å². The number of aromatic amines is 1. The van der Waals surface area contributed by atoms with Gasteiger partial charge < -0.3 is 5.32 Å². The van der Waals surface area contributed by atoms with Gasteiger partial charge in [0.25, 0.3) is 5.91 Å². The molecule has 4 nitrogen and oxygen atoms in total. The number of halogens is 1. The fourth-order valence-electron chi connectivity index (χ4n) is 2.13. The number of nitrogens with zero attached hydrogens (tertiary/aromatic N) is 1. The Hall–Kier alpha value is -3.03. The van der Waals surface area contributed by atoms with Crippen molar-refractivity contribution in [3.8, 4) is 23.1 Å². The van der Waals surface area contributed by atoms with E-state index in [0.717, 1.165) is 16.8 Å². The molecule has 1 amide bonds. The van der Waals surface area contributed by atoms with Gasteiger partial charge in [-0.2, -0.15) is 5.10 Å². The van der Waals surface area contributed by atoms with Crippen LogP contribution < -0.4 is 5.32 Å². The average molecular weight is 336 g/mol. The lowest BCUT2D eigenvalue weighted by atomic mass is 10.1. The molecule has 3 aromatic rings. The lowest BCUT2D eigenvalue weighted by molar-refractivity contribution is 0.0953. The molecule has 3 rings (SSSR count). The molecule has 0 spiro atoms. The number of hydrogen-bond acceptors (Lipinski definition) is 2. The summed E-state index contributed by atoms with van der Waals surface area (Å²) in [6.07, 6.45) is 0. The van der Waals surface area contributed by atoms with Crippen LogP contribution in [-0.4, -0.2) is 22.6 Å². The molecule has 1 aromatic heterocycles. The highest BCUT2D eigenvalue weighted by Gasteiger charge is 2.09. The Balaban J connectivity index is 1.59. The third-order valence-corrected chi connectivity index (χ3v) is 3.52. The molecule has 0 saturated carbocycles. The Kier molecular flexibility index (Phi) is 4.95. The van der Waals surface area contributed by atoms with E-state index in [2.05, 4.69) is 27.4 Å². The Bertz CT molecular complexity index is 907. The van der Waals surface area contributed by atoms with Crippen LogP contribution in [0.4, 0.5) is 0 Å². The third-order valence-electron chi connectivity index (χ3n) is 3.29. The fraction of sp³-hybridized carbons (Fsp3) is 0.0526. The first-order chi connectivity index (χ1) is 11.7. The van der Waals surface area contributed by atoms with Crippen LogP contribution in [0.25, 0.3) is 11.3 Å². The van der Waals surface area contributed by atoms with Crippen LogP contribution in [0.15, 0.2) is 60.7 Å². The molecule has 0 aliphatic rings. The monoisotopic (exact) mass is 335 g/mol. The number of nitrogens with one attached hydrogen (secondary N) is 2. The summed E-state index contributed by atoms with van der Waals surface area (Å²) in [5.74, 6) is 5.60. The van der Waals surface area contributed by atoms with Gasteiger partial charge >= 0.3 is 0 Å². The predicted molar refractivity (Wildman–Crippen MR) is 94.7 cm³/mol. The van der Waals surface area contributed by atoms with Crippen LogP contribution >= 0.6 is 11.6 Å². The van der Waals surface area contributed by atoms with Gasteiger partial charge in [-0.25, -0.2) is 0 Å². The van der Waals surface area contributed by atoms with Gasteiger partial charge in [-0.1, -0.05) is 59.8 Å². The number of amides is 1. The van der Waals surface area contributed by atoms with Gasteiger partial charge in [0, 0.05) is 16.1 Å². The highest BCUT2D eigenvalue weighted by molar-refractivity contribution is 6.30. The zero-order valence-electron chi connectivity index (χ0n) is 12.7. The standard InChI is InChI=1S/C19H14ClN3O/c20-16-10-4-6-14(12-16)7-5-11-21-19(24)18-13-17(22-23-18)15-8-2-1-3-9-15/h1-4,6,8-10,12-13H,11H2,(H,21,24)(H,22,23). The Morgan fingerprint density at radius 2 is 1.96 bits per heavy atom. The highest BCUT2D eigenvalue weighted by Crippen LogP contribution is 2.16. The van der Waals surface area contributed by atoms with Crippen molar-refractivity contribution in [2.24, 2.45) is 0 Å². The first-order valence-electron chi connectivity index (χ1n) is 7.36. The lowest BCUT2D eigenvalue weighted by Gasteiger charge is -1.97. The number of rotatable bonds is 3. The summed E-state index contributed by atoms with van der Waals surface area (Å²) in [4.78, 5) is 12.1. The summed E-state index contributed by atoms with van der Waals surface area (Å²) in [5.41, 5.74) is 2.89. The summed E-state index contributed by atoms with van der Waals surface area (Å²) in [6.45, 7) is 0.241. The van der Waals surface area contributed by atoms with Gasteiger partial charge in [0.05, 0.1) is 12.2 Å². The van der Waals surface area contributed by atoms with Crippen LogP contribution in [-0.2, 0) is 0 Å². The van der Waals surface area contributed by atoms with Crippen LogP contribution in [0.2, 0.25) is 5.02 Å². The van der Waals surface area contributed by atoms with E-state index in [1.807, 2.05) is 42.5 Å². The second-order valence-corrected chi connectivity index (χ2v) is 5.46. The molecule has 0 fully saturated rings. The first kappa shape index (κ1) is 15.9. The molecule has 2 aromatic carbocycles. The zero-order valence-corrected chi connectivity index (χ0v) is 13.5. The van der Waals surface area contributed by atoms with Gasteiger partial charge in [-0.3, -0.25) is 9.89 Å². The van der Waals surface area contributed by atoms with Crippen molar-refractivity contribution in [2.45, 2.75) is 0 Å². The van der Waals surface area contributed by atoms with E-state index < -0.39 is 0 Å². The van der Waals surface area contributed by atoms with E-state index in [1.165, 1.54) is 0 Å². The molecule has 2 N–H and O–H groups in total. The van der Waals surface area contributed by atoms with Gasteiger partial charge in [-0.05, 0) is 24.3 Å². The predicted octanol–water partition coefficient (Wildman–Crippen LogP) is 3.51. The summed E-state index contributed by atoms with van der Waals surface area (Å²) in [6, 6.07) is 18.6. The molecule has 0 atom stereocenters. The normalized spacial score (nSPS) is 9.88. The molecule has 0 saturated heterocycles. The maximum absolute atomic E-state index is 12.1. The van der Waals surface area contributed by atoms with Crippen LogP contribution in [0.1, 0.15) is 16.1 Å².